The SMILES string of the molecule is CC(C)OC(=O)CC[C@@H](C)[C@H]1CCC2C3C(CC[C@@]21C)[C@@]1(C)CC[C@H](NCCCNCCCNCCCN)CC1C[C@@H]3O. The van der Waals surface area contributed by atoms with Crippen molar-refractivity contribution in [2.75, 3.05) is 39.3 Å². The molecule has 0 aromatic rings. The molecule has 10 atom stereocenters. The number of rotatable bonds is 17. The number of nitrogens with one attached hydrogen (secondary N) is 3. The second kappa shape index (κ2) is 16.2. The van der Waals surface area contributed by atoms with Crippen molar-refractivity contribution >= 4 is 5.97 Å². The van der Waals surface area contributed by atoms with Gasteiger partial charge in [-0.15, -0.1) is 0 Å². The van der Waals surface area contributed by atoms with Crippen LogP contribution in [0.5, 0.6) is 0 Å². The molecule has 4 saturated carbocycles. The molecule has 4 unspecified atom stereocenters. The lowest BCUT2D eigenvalue weighted by atomic mass is 9.43. The van der Waals surface area contributed by atoms with Crippen LogP contribution in [0.25, 0.3) is 0 Å². The number of esters is 1. The lowest BCUT2D eigenvalue weighted by Crippen LogP contribution is -2.59. The molecule has 4 aliphatic carbocycles. The van der Waals surface area contributed by atoms with Crippen LogP contribution >= 0.6 is 0 Å². The average Bonchev–Trinajstić information content (AvgIpc) is 3.32. The molecule has 0 heterocycles. The minimum Gasteiger partial charge on any atom is -0.463 e. The molecule has 4 aliphatic rings. The predicted octanol–water partition coefficient (Wildman–Crippen LogP) is 5.25. The number of carbonyl (C=O) groups excluding carboxylic acids is 1. The summed E-state index contributed by atoms with van der Waals surface area (Å²) < 4.78 is 5.42. The van der Waals surface area contributed by atoms with E-state index >= 15 is 0 Å². The van der Waals surface area contributed by atoms with Gasteiger partial charge in [0.2, 0.25) is 0 Å². The van der Waals surface area contributed by atoms with Gasteiger partial charge in [-0.3, -0.25) is 4.79 Å². The van der Waals surface area contributed by atoms with Gasteiger partial charge in [0.25, 0.3) is 0 Å². The van der Waals surface area contributed by atoms with E-state index in [0.29, 0.717) is 58.8 Å². The van der Waals surface area contributed by atoms with Crippen LogP contribution in [0, 0.1) is 46.3 Å². The van der Waals surface area contributed by atoms with E-state index in [1.165, 1.54) is 57.8 Å². The number of fused-ring (bicyclic) bond motifs is 5. The minimum atomic E-state index is -0.157. The van der Waals surface area contributed by atoms with Crippen LogP contribution in [0.15, 0.2) is 0 Å². The van der Waals surface area contributed by atoms with E-state index in [-0.39, 0.29) is 18.2 Å². The first-order valence-corrected chi connectivity index (χ1v) is 18.3. The summed E-state index contributed by atoms with van der Waals surface area (Å²) in [4.78, 5) is 12.2. The van der Waals surface area contributed by atoms with E-state index in [1.807, 2.05) is 13.8 Å². The summed E-state index contributed by atoms with van der Waals surface area (Å²) >= 11 is 0. The number of hydrogen-bond acceptors (Lipinski definition) is 7. The van der Waals surface area contributed by atoms with Crippen LogP contribution in [0.3, 0.4) is 0 Å². The third-order valence-corrected chi connectivity index (χ3v) is 12.8. The summed E-state index contributed by atoms with van der Waals surface area (Å²) in [5, 5.41) is 22.7. The molecule has 0 radical (unpaired) electrons. The third kappa shape index (κ3) is 8.55. The normalized spacial score (nSPS) is 37.9. The molecule has 0 aliphatic heterocycles. The Labute approximate surface area is 264 Å². The first-order valence-electron chi connectivity index (χ1n) is 18.3. The fourth-order valence-corrected chi connectivity index (χ4v) is 10.6. The molecule has 250 valence electrons. The van der Waals surface area contributed by atoms with Crippen molar-refractivity contribution in [3.05, 3.63) is 0 Å². The Bertz CT molecular complexity index is 856. The molecule has 43 heavy (non-hydrogen) atoms. The van der Waals surface area contributed by atoms with E-state index in [2.05, 4.69) is 36.7 Å². The van der Waals surface area contributed by atoms with Crippen molar-refractivity contribution in [3.8, 4) is 0 Å². The standard InChI is InChI=1S/C36H68N4O3/c1-25(2)43-33(42)12-9-26(3)29-10-11-30-34-31(14-16-36(29,30)5)35(4)15-13-28(23-27(35)24-32(34)41)40-22-8-21-39-20-7-19-38-18-6-17-37/h25-32,34,38-41H,6-24,37H2,1-5H3/t26-,27?,28+,29-,30?,31?,32+,34?,35+,36-/m1/s1. The maximum Gasteiger partial charge on any atom is 0.306 e. The fraction of sp³-hybridized carbons (Fsp3) is 0.972. The van der Waals surface area contributed by atoms with E-state index in [1.54, 1.807) is 0 Å². The Kier molecular flexibility index (Phi) is 13.2. The van der Waals surface area contributed by atoms with E-state index in [9.17, 15) is 9.90 Å². The Morgan fingerprint density at radius 3 is 2.23 bits per heavy atom. The van der Waals surface area contributed by atoms with Crippen molar-refractivity contribution in [2.24, 2.45) is 52.1 Å². The first-order chi connectivity index (χ1) is 20.6. The summed E-state index contributed by atoms with van der Waals surface area (Å²) in [6.07, 6.45) is 14.5. The molecule has 0 aromatic heterocycles. The van der Waals surface area contributed by atoms with Crippen LogP contribution in [0.2, 0.25) is 0 Å². The third-order valence-electron chi connectivity index (χ3n) is 12.8. The lowest BCUT2D eigenvalue weighted by molar-refractivity contribution is -0.167. The van der Waals surface area contributed by atoms with Crippen molar-refractivity contribution < 1.29 is 14.6 Å². The molecule has 0 aromatic carbocycles. The zero-order valence-corrected chi connectivity index (χ0v) is 28.5. The fourth-order valence-electron chi connectivity index (χ4n) is 10.6. The Balaban J connectivity index is 1.22. The zero-order valence-electron chi connectivity index (χ0n) is 28.5. The van der Waals surface area contributed by atoms with Crippen LogP contribution in [-0.4, -0.2) is 68.6 Å². The van der Waals surface area contributed by atoms with Crippen molar-refractivity contribution in [1.82, 2.24) is 16.0 Å². The van der Waals surface area contributed by atoms with E-state index in [0.717, 1.165) is 58.5 Å². The maximum absolute atomic E-state index is 12.2. The highest BCUT2D eigenvalue weighted by atomic mass is 16.5. The molecule has 0 saturated heterocycles. The highest BCUT2D eigenvalue weighted by Crippen LogP contribution is 2.68. The second-order valence-electron chi connectivity index (χ2n) is 15.9. The van der Waals surface area contributed by atoms with Crippen LogP contribution in [0.4, 0.5) is 0 Å². The van der Waals surface area contributed by atoms with Gasteiger partial charge in [-0.05, 0) is 177 Å². The first kappa shape index (κ1) is 35.1. The molecule has 4 fully saturated rings. The van der Waals surface area contributed by atoms with Gasteiger partial charge in [-0.25, -0.2) is 0 Å². The van der Waals surface area contributed by atoms with Crippen molar-refractivity contribution in [3.63, 3.8) is 0 Å². The molecule has 0 bridgehead atoms. The Morgan fingerprint density at radius 2 is 1.53 bits per heavy atom. The van der Waals surface area contributed by atoms with E-state index in [4.69, 9.17) is 10.5 Å². The van der Waals surface area contributed by atoms with Crippen molar-refractivity contribution in [2.45, 2.75) is 136 Å². The molecule has 7 heteroatoms. The molecule has 0 spiro atoms. The Hall–Kier alpha value is -0.730. The minimum absolute atomic E-state index is 0.0347. The average molecular weight is 605 g/mol. The van der Waals surface area contributed by atoms with Gasteiger partial charge >= 0.3 is 5.97 Å². The molecule has 7 nitrogen and oxygen atoms in total. The van der Waals surface area contributed by atoms with Gasteiger partial charge in [0.15, 0.2) is 0 Å². The smallest absolute Gasteiger partial charge is 0.306 e. The van der Waals surface area contributed by atoms with Gasteiger partial charge in [0, 0.05) is 12.5 Å². The zero-order chi connectivity index (χ0) is 31.0. The quantitative estimate of drug-likeness (QED) is 0.114. The number of hydrogen-bond donors (Lipinski definition) is 5. The van der Waals surface area contributed by atoms with Crippen LogP contribution in [0.1, 0.15) is 118 Å². The molecular weight excluding hydrogens is 536 g/mol. The molecule has 0 amide bonds. The van der Waals surface area contributed by atoms with Gasteiger partial charge in [0.1, 0.15) is 0 Å². The molecule has 4 rings (SSSR count). The van der Waals surface area contributed by atoms with E-state index < -0.39 is 0 Å². The van der Waals surface area contributed by atoms with Gasteiger partial charge in [-0.2, -0.15) is 0 Å². The number of aliphatic hydroxyl groups is 1. The summed E-state index contributed by atoms with van der Waals surface area (Å²) in [5.41, 5.74) is 6.20. The summed E-state index contributed by atoms with van der Waals surface area (Å²) in [6, 6.07) is 0.599. The van der Waals surface area contributed by atoms with Crippen molar-refractivity contribution in [1.29, 1.82) is 0 Å². The van der Waals surface area contributed by atoms with Gasteiger partial charge in [-0.1, -0.05) is 20.8 Å². The Morgan fingerprint density at radius 1 is 0.884 bits per heavy atom. The summed E-state index contributed by atoms with van der Waals surface area (Å²) in [5.74, 6) is 3.49. The maximum atomic E-state index is 12.2. The van der Waals surface area contributed by atoms with Gasteiger partial charge < -0.3 is 31.5 Å². The second-order valence-corrected chi connectivity index (χ2v) is 15.9. The van der Waals surface area contributed by atoms with Gasteiger partial charge in [0.05, 0.1) is 12.2 Å². The molecular formula is C36H68N4O3. The number of nitrogens with two attached hydrogens (primary N) is 1. The number of carbonyl (C=O) groups is 1. The number of ether oxygens (including phenoxy) is 1. The topological polar surface area (TPSA) is 109 Å². The van der Waals surface area contributed by atoms with Crippen LogP contribution < -0.4 is 21.7 Å². The number of aliphatic hydroxyl groups excluding tert-OH is 1. The highest BCUT2D eigenvalue weighted by molar-refractivity contribution is 5.69. The predicted molar refractivity (Wildman–Crippen MR) is 177 cm³/mol. The van der Waals surface area contributed by atoms with Crippen LogP contribution in [-0.2, 0) is 9.53 Å². The monoisotopic (exact) mass is 605 g/mol. The molecule has 6 N–H and O–H groups in total. The summed E-state index contributed by atoms with van der Waals surface area (Å²) in [6.45, 7) is 17.5. The largest absolute Gasteiger partial charge is 0.463 e. The highest BCUT2D eigenvalue weighted by Gasteiger charge is 2.62. The lowest BCUT2D eigenvalue weighted by Gasteiger charge is -2.62. The summed E-state index contributed by atoms with van der Waals surface area (Å²) in [7, 11) is 0.